The molecule has 0 unspecified atom stereocenters. The van der Waals surface area contributed by atoms with Gasteiger partial charge in [-0.05, 0) is 56.2 Å². The van der Waals surface area contributed by atoms with Crippen molar-refractivity contribution in [3.05, 3.63) is 48.4 Å². The van der Waals surface area contributed by atoms with Gasteiger partial charge < -0.3 is 9.15 Å². The lowest BCUT2D eigenvalue weighted by Gasteiger charge is -2.22. The molecular weight excluding hydrogens is 302 g/mol. The van der Waals surface area contributed by atoms with Crippen LogP contribution in [0.5, 0.6) is 5.75 Å². The van der Waals surface area contributed by atoms with Crippen molar-refractivity contribution in [2.24, 2.45) is 0 Å². The van der Waals surface area contributed by atoms with Gasteiger partial charge in [0.1, 0.15) is 11.5 Å². The molecule has 1 aromatic carbocycles. The number of hydrogen-bond acceptors (Lipinski definition) is 4. The number of rotatable bonds is 5. The Morgan fingerprint density at radius 2 is 2.05 bits per heavy atom. The van der Waals surface area contributed by atoms with Crippen molar-refractivity contribution in [3.8, 4) is 5.75 Å². The van der Waals surface area contributed by atoms with Gasteiger partial charge in [0.05, 0.1) is 23.8 Å². The van der Waals surface area contributed by atoms with Crippen molar-refractivity contribution in [1.82, 2.24) is 4.31 Å². The van der Waals surface area contributed by atoms with Crippen LogP contribution in [0, 0.1) is 0 Å². The Morgan fingerprint density at radius 3 is 2.68 bits per heavy atom. The molecule has 1 atom stereocenters. The molecule has 1 aliphatic heterocycles. The second-order valence-corrected chi connectivity index (χ2v) is 7.08. The van der Waals surface area contributed by atoms with Crippen LogP contribution in [0.2, 0.25) is 0 Å². The van der Waals surface area contributed by atoms with Crippen LogP contribution in [-0.4, -0.2) is 25.9 Å². The lowest BCUT2D eigenvalue weighted by Crippen LogP contribution is -2.30. The van der Waals surface area contributed by atoms with Crippen molar-refractivity contribution in [3.63, 3.8) is 0 Å². The third kappa shape index (κ3) is 2.76. The number of hydrogen-bond donors (Lipinski definition) is 0. The summed E-state index contributed by atoms with van der Waals surface area (Å²) in [6.45, 7) is 2.96. The highest BCUT2D eigenvalue weighted by molar-refractivity contribution is 7.89. The van der Waals surface area contributed by atoms with Crippen molar-refractivity contribution in [2.45, 2.75) is 30.7 Å². The molecule has 2 aromatic rings. The van der Waals surface area contributed by atoms with Crippen molar-refractivity contribution >= 4 is 10.0 Å². The Bertz CT molecular complexity index is 707. The van der Waals surface area contributed by atoms with E-state index in [9.17, 15) is 8.42 Å². The van der Waals surface area contributed by atoms with Crippen LogP contribution in [0.25, 0.3) is 0 Å². The largest absolute Gasteiger partial charge is 0.494 e. The van der Waals surface area contributed by atoms with Gasteiger partial charge in [-0.15, -0.1) is 0 Å². The quantitative estimate of drug-likeness (QED) is 0.848. The molecule has 6 heteroatoms. The topological polar surface area (TPSA) is 59.8 Å². The van der Waals surface area contributed by atoms with Crippen LogP contribution in [0.15, 0.2) is 52.0 Å². The molecule has 0 amide bonds. The summed E-state index contributed by atoms with van der Waals surface area (Å²) in [7, 11) is -3.53. The van der Waals surface area contributed by atoms with E-state index in [-0.39, 0.29) is 10.9 Å². The zero-order valence-corrected chi connectivity index (χ0v) is 13.3. The van der Waals surface area contributed by atoms with E-state index >= 15 is 0 Å². The fraction of sp³-hybridized carbons (Fsp3) is 0.375. The van der Waals surface area contributed by atoms with Crippen molar-refractivity contribution in [2.75, 3.05) is 13.2 Å². The Labute approximate surface area is 130 Å². The molecule has 22 heavy (non-hydrogen) atoms. The van der Waals surface area contributed by atoms with E-state index in [1.165, 1.54) is 4.31 Å². The van der Waals surface area contributed by atoms with Gasteiger partial charge in [0.2, 0.25) is 10.0 Å². The maximum absolute atomic E-state index is 12.9. The molecule has 0 spiro atoms. The number of benzene rings is 1. The second kappa shape index (κ2) is 6.14. The minimum atomic E-state index is -3.53. The van der Waals surface area contributed by atoms with Gasteiger partial charge in [0.25, 0.3) is 0 Å². The third-order valence-corrected chi connectivity index (χ3v) is 5.74. The first-order valence-corrected chi connectivity index (χ1v) is 8.85. The van der Waals surface area contributed by atoms with Crippen molar-refractivity contribution < 1.29 is 17.6 Å². The molecule has 1 saturated heterocycles. The standard InChI is InChI=1S/C16H19NO4S/c1-2-20-13-7-9-14(10-8-13)22(18,19)17-11-3-5-15(17)16-6-4-12-21-16/h4,6-10,12,15H,2-3,5,11H2,1H3/t15-/m1/s1. The van der Waals surface area contributed by atoms with Gasteiger partial charge in [0.15, 0.2) is 0 Å². The SMILES string of the molecule is CCOc1ccc(S(=O)(=O)N2CCC[C@@H]2c2ccco2)cc1. The fourth-order valence-corrected chi connectivity index (χ4v) is 4.47. The third-order valence-electron chi connectivity index (χ3n) is 3.82. The van der Waals surface area contributed by atoms with Crippen LogP contribution in [0.1, 0.15) is 31.6 Å². The lowest BCUT2D eigenvalue weighted by molar-refractivity contribution is 0.337. The smallest absolute Gasteiger partial charge is 0.243 e. The average Bonchev–Trinajstić information content (AvgIpc) is 3.19. The predicted molar refractivity (Wildman–Crippen MR) is 82.2 cm³/mol. The highest BCUT2D eigenvalue weighted by Gasteiger charge is 2.37. The molecule has 3 rings (SSSR count). The maximum atomic E-state index is 12.9. The van der Waals surface area contributed by atoms with E-state index in [2.05, 4.69) is 0 Å². The van der Waals surface area contributed by atoms with Gasteiger partial charge in [-0.3, -0.25) is 0 Å². The summed E-state index contributed by atoms with van der Waals surface area (Å²) in [6.07, 6.45) is 3.20. The molecule has 0 saturated carbocycles. The minimum Gasteiger partial charge on any atom is -0.494 e. The normalized spacial score (nSPS) is 19.4. The molecule has 118 valence electrons. The predicted octanol–water partition coefficient (Wildman–Crippen LogP) is 3.20. The summed E-state index contributed by atoms with van der Waals surface area (Å²) in [5.41, 5.74) is 0. The monoisotopic (exact) mass is 321 g/mol. The first kappa shape index (κ1) is 15.1. The van der Waals surface area contributed by atoms with Crippen LogP contribution in [0.3, 0.4) is 0 Å². The summed E-state index contributed by atoms with van der Waals surface area (Å²) in [6, 6.07) is 9.97. The fourth-order valence-electron chi connectivity index (χ4n) is 2.80. The summed E-state index contributed by atoms with van der Waals surface area (Å²) in [4.78, 5) is 0.286. The highest BCUT2D eigenvalue weighted by atomic mass is 32.2. The zero-order valence-electron chi connectivity index (χ0n) is 12.4. The number of ether oxygens (including phenoxy) is 1. The first-order chi connectivity index (χ1) is 10.6. The molecule has 1 fully saturated rings. The Kier molecular flexibility index (Phi) is 4.22. The molecule has 0 N–H and O–H groups in total. The molecule has 2 heterocycles. The summed E-state index contributed by atoms with van der Waals surface area (Å²) >= 11 is 0. The minimum absolute atomic E-state index is 0.216. The highest BCUT2D eigenvalue weighted by Crippen LogP contribution is 2.36. The van der Waals surface area contributed by atoms with E-state index in [4.69, 9.17) is 9.15 Å². The molecule has 0 aliphatic carbocycles. The molecule has 1 aromatic heterocycles. The summed E-state index contributed by atoms with van der Waals surface area (Å²) in [5, 5.41) is 0. The molecule has 0 radical (unpaired) electrons. The van der Waals surface area contributed by atoms with Gasteiger partial charge in [-0.1, -0.05) is 0 Å². The number of nitrogens with zero attached hydrogens (tertiary/aromatic N) is 1. The maximum Gasteiger partial charge on any atom is 0.243 e. The number of furan rings is 1. The van der Waals surface area contributed by atoms with Crippen LogP contribution in [-0.2, 0) is 10.0 Å². The number of sulfonamides is 1. The Balaban J connectivity index is 1.88. The molecule has 0 bridgehead atoms. The van der Waals surface area contributed by atoms with Crippen LogP contribution >= 0.6 is 0 Å². The van der Waals surface area contributed by atoms with Crippen molar-refractivity contribution in [1.29, 1.82) is 0 Å². The molecule has 1 aliphatic rings. The average molecular weight is 321 g/mol. The van der Waals surface area contributed by atoms with E-state index < -0.39 is 10.0 Å². The second-order valence-electron chi connectivity index (χ2n) is 5.19. The molecular formula is C16H19NO4S. The first-order valence-electron chi connectivity index (χ1n) is 7.41. The Morgan fingerprint density at radius 1 is 1.27 bits per heavy atom. The summed E-state index contributed by atoms with van der Waals surface area (Å²) in [5.74, 6) is 1.37. The van der Waals surface area contributed by atoms with E-state index in [1.54, 1.807) is 36.6 Å². The summed E-state index contributed by atoms with van der Waals surface area (Å²) < 4.78 is 38.0. The van der Waals surface area contributed by atoms with Gasteiger partial charge in [-0.25, -0.2) is 8.42 Å². The van der Waals surface area contributed by atoms with E-state index in [1.807, 2.05) is 13.0 Å². The van der Waals surface area contributed by atoms with Gasteiger partial charge in [0, 0.05) is 6.54 Å². The van der Waals surface area contributed by atoms with Crippen LogP contribution < -0.4 is 4.74 Å². The van der Waals surface area contributed by atoms with Gasteiger partial charge in [-0.2, -0.15) is 4.31 Å². The zero-order chi connectivity index (χ0) is 15.6. The van der Waals surface area contributed by atoms with Crippen LogP contribution in [0.4, 0.5) is 0 Å². The van der Waals surface area contributed by atoms with E-state index in [0.717, 1.165) is 12.8 Å². The lowest BCUT2D eigenvalue weighted by atomic mass is 10.2. The van der Waals surface area contributed by atoms with Gasteiger partial charge >= 0.3 is 0 Å². The van der Waals surface area contributed by atoms with E-state index in [0.29, 0.717) is 24.7 Å². The Hall–Kier alpha value is -1.79. The molecule has 5 nitrogen and oxygen atoms in total.